The van der Waals surface area contributed by atoms with E-state index in [0.29, 0.717) is 23.5 Å². The third-order valence-electron chi connectivity index (χ3n) is 3.66. The van der Waals surface area contributed by atoms with Crippen molar-refractivity contribution in [1.29, 1.82) is 0 Å². The van der Waals surface area contributed by atoms with Crippen LogP contribution in [0.1, 0.15) is 24.3 Å². The zero-order valence-corrected chi connectivity index (χ0v) is 14.1. The first kappa shape index (κ1) is 15.5. The standard InChI is InChI=1S/C14H18N4O2S2/c1-6(2)8-3-7-9(4-20-8)22-13-11(7)12(16)17-14(18-13)21-5-10(15)19/h6,8H,3-5H2,1-2H3,(H2,15,19)(H2,16,17,18)/t8-/m1/s1. The van der Waals surface area contributed by atoms with Crippen LogP contribution >= 0.6 is 23.1 Å². The summed E-state index contributed by atoms with van der Waals surface area (Å²) in [4.78, 5) is 21.7. The number of nitrogens with two attached hydrogens (primary N) is 2. The summed E-state index contributed by atoms with van der Waals surface area (Å²) < 4.78 is 5.90. The number of hydrogen-bond donors (Lipinski definition) is 2. The number of nitrogens with zero attached hydrogens (tertiary/aromatic N) is 2. The Balaban J connectivity index is 1.98. The van der Waals surface area contributed by atoms with Gasteiger partial charge in [0, 0.05) is 11.3 Å². The summed E-state index contributed by atoms with van der Waals surface area (Å²) in [5.41, 5.74) is 12.5. The predicted molar refractivity (Wildman–Crippen MR) is 88.9 cm³/mol. The first-order valence-electron chi connectivity index (χ1n) is 7.06. The van der Waals surface area contributed by atoms with Gasteiger partial charge >= 0.3 is 0 Å². The van der Waals surface area contributed by atoms with E-state index >= 15 is 0 Å². The van der Waals surface area contributed by atoms with Crippen molar-refractivity contribution in [3.8, 4) is 0 Å². The van der Waals surface area contributed by atoms with Crippen LogP contribution in [0.5, 0.6) is 0 Å². The summed E-state index contributed by atoms with van der Waals surface area (Å²) >= 11 is 2.80. The average molecular weight is 338 g/mol. The fraction of sp³-hybridized carbons (Fsp3) is 0.500. The highest BCUT2D eigenvalue weighted by molar-refractivity contribution is 7.99. The first-order chi connectivity index (χ1) is 10.5. The molecule has 0 spiro atoms. The summed E-state index contributed by atoms with van der Waals surface area (Å²) in [6, 6.07) is 0. The van der Waals surface area contributed by atoms with Crippen LogP contribution in [0.25, 0.3) is 10.2 Å². The van der Waals surface area contributed by atoms with Crippen molar-refractivity contribution in [3.63, 3.8) is 0 Å². The fourth-order valence-electron chi connectivity index (χ4n) is 2.52. The van der Waals surface area contributed by atoms with E-state index in [1.54, 1.807) is 11.3 Å². The summed E-state index contributed by atoms with van der Waals surface area (Å²) in [7, 11) is 0. The molecule has 0 aliphatic carbocycles. The molecule has 22 heavy (non-hydrogen) atoms. The molecule has 0 radical (unpaired) electrons. The Kier molecular flexibility index (Phi) is 4.24. The summed E-state index contributed by atoms with van der Waals surface area (Å²) in [6.07, 6.45) is 1.04. The van der Waals surface area contributed by atoms with Crippen molar-refractivity contribution in [2.75, 3.05) is 11.5 Å². The van der Waals surface area contributed by atoms with E-state index in [1.807, 2.05) is 0 Å². The molecule has 6 nitrogen and oxygen atoms in total. The highest BCUT2D eigenvalue weighted by Crippen LogP contribution is 2.39. The molecular weight excluding hydrogens is 320 g/mol. The number of carbonyl (C=O) groups excluding carboxylic acids is 1. The van der Waals surface area contributed by atoms with E-state index in [1.165, 1.54) is 22.2 Å². The molecule has 0 aromatic carbocycles. The number of rotatable bonds is 4. The summed E-state index contributed by atoms with van der Waals surface area (Å²) in [6.45, 7) is 4.91. The van der Waals surface area contributed by atoms with Crippen LogP contribution in [0.15, 0.2) is 5.16 Å². The largest absolute Gasteiger partial charge is 0.383 e. The van der Waals surface area contributed by atoms with Crippen LogP contribution in [0.2, 0.25) is 0 Å². The van der Waals surface area contributed by atoms with Gasteiger partial charge in [0.2, 0.25) is 5.91 Å². The Bertz CT molecular complexity index is 729. The molecule has 1 atom stereocenters. The van der Waals surface area contributed by atoms with E-state index in [-0.39, 0.29) is 11.9 Å². The molecule has 0 bridgehead atoms. The zero-order chi connectivity index (χ0) is 15.9. The van der Waals surface area contributed by atoms with Gasteiger partial charge in [0.15, 0.2) is 5.16 Å². The van der Waals surface area contributed by atoms with Gasteiger partial charge in [-0.15, -0.1) is 11.3 Å². The minimum atomic E-state index is -0.397. The van der Waals surface area contributed by atoms with Gasteiger partial charge in [0.1, 0.15) is 10.6 Å². The Morgan fingerprint density at radius 2 is 2.27 bits per heavy atom. The second-order valence-electron chi connectivity index (χ2n) is 5.63. The molecule has 8 heteroatoms. The highest BCUT2D eigenvalue weighted by Gasteiger charge is 2.27. The van der Waals surface area contributed by atoms with E-state index in [9.17, 15) is 4.79 Å². The molecule has 3 heterocycles. The Labute approximate surface area is 136 Å². The molecule has 4 N–H and O–H groups in total. The number of primary amides is 1. The van der Waals surface area contributed by atoms with Crippen molar-refractivity contribution in [2.24, 2.45) is 11.7 Å². The smallest absolute Gasteiger partial charge is 0.227 e. The number of hydrogen-bond acceptors (Lipinski definition) is 7. The van der Waals surface area contributed by atoms with Crippen LogP contribution in [-0.4, -0.2) is 27.7 Å². The molecule has 3 rings (SSSR count). The van der Waals surface area contributed by atoms with Crippen LogP contribution in [0, 0.1) is 5.92 Å². The van der Waals surface area contributed by atoms with Gasteiger partial charge in [-0.3, -0.25) is 4.79 Å². The fourth-order valence-corrected chi connectivity index (χ4v) is 4.29. The number of anilines is 1. The Hall–Kier alpha value is -1.38. The van der Waals surface area contributed by atoms with Crippen molar-refractivity contribution < 1.29 is 9.53 Å². The molecule has 2 aromatic heterocycles. The zero-order valence-electron chi connectivity index (χ0n) is 12.5. The minimum absolute atomic E-state index is 0.147. The van der Waals surface area contributed by atoms with Crippen molar-refractivity contribution in [1.82, 2.24) is 9.97 Å². The molecule has 1 aliphatic heterocycles. The number of ether oxygens (including phenoxy) is 1. The lowest BCUT2D eigenvalue weighted by atomic mass is 9.96. The number of thioether (sulfide) groups is 1. The molecule has 1 aliphatic rings. The van der Waals surface area contributed by atoms with Crippen LogP contribution in [0.3, 0.4) is 0 Å². The molecule has 0 unspecified atom stereocenters. The van der Waals surface area contributed by atoms with Gasteiger partial charge in [0.25, 0.3) is 0 Å². The third-order valence-corrected chi connectivity index (χ3v) is 5.63. The number of nitrogen functional groups attached to an aromatic ring is 1. The molecule has 2 aromatic rings. The number of amides is 1. The van der Waals surface area contributed by atoms with E-state index in [2.05, 4.69) is 23.8 Å². The van der Waals surface area contributed by atoms with Crippen molar-refractivity contribution in [3.05, 3.63) is 10.4 Å². The number of carbonyl (C=O) groups is 1. The molecule has 118 valence electrons. The van der Waals surface area contributed by atoms with Crippen LogP contribution in [-0.2, 0) is 22.6 Å². The number of thiophene rings is 1. The highest BCUT2D eigenvalue weighted by atomic mass is 32.2. The van der Waals surface area contributed by atoms with Gasteiger partial charge < -0.3 is 16.2 Å². The van der Waals surface area contributed by atoms with Gasteiger partial charge in [-0.2, -0.15) is 0 Å². The van der Waals surface area contributed by atoms with Crippen LogP contribution < -0.4 is 11.5 Å². The second kappa shape index (κ2) is 6.02. The molecule has 0 fully saturated rings. The van der Waals surface area contributed by atoms with Crippen molar-refractivity contribution >= 4 is 45.0 Å². The predicted octanol–water partition coefficient (Wildman–Crippen LogP) is 1.95. The summed E-state index contributed by atoms with van der Waals surface area (Å²) in [5.74, 6) is 0.676. The maximum Gasteiger partial charge on any atom is 0.227 e. The maximum absolute atomic E-state index is 10.9. The van der Waals surface area contributed by atoms with Crippen LogP contribution in [0.4, 0.5) is 5.82 Å². The molecule has 1 amide bonds. The second-order valence-corrected chi connectivity index (χ2v) is 7.65. The molecule has 0 saturated heterocycles. The first-order valence-corrected chi connectivity index (χ1v) is 8.86. The van der Waals surface area contributed by atoms with Gasteiger partial charge in [0.05, 0.1) is 23.8 Å². The minimum Gasteiger partial charge on any atom is -0.383 e. The normalized spacial score (nSPS) is 17.9. The number of aromatic nitrogens is 2. The molecule has 0 saturated carbocycles. The third kappa shape index (κ3) is 2.90. The lowest BCUT2D eigenvalue weighted by Crippen LogP contribution is -2.26. The lowest BCUT2D eigenvalue weighted by Gasteiger charge is -2.26. The van der Waals surface area contributed by atoms with E-state index in [4.69, 9.17) is 16.2 Å². The topological polar surface area (TPSA) is 104 Å². The van der Waals surface area contributed by atoms with E-state index < -0.39 is 5.91 Å². The molecular formula is C14H18N4O2S2. The summed E-state index contributed by atoms with van der Waals surface area (Å²) in [5, 5.41) is 1.43. The maximum atomic E-state index is 10.9. The van der Waals surface area contributed by atoms with Gasteiger partial charge in [-0.05, 0) is 11.5 Å². The lowest BCUT2D eigenvalue weighted by molar-refractivity contribution is -0.115. The average Bonchev–Trinajstić information content (AvgIpc) is 2.82. The monoisotopic (exact) mass is 338 g/mol. The van der Waals surface area contributed by atoms with Gasteiger partial charge in [-0.1, -0.05) is 25.6 Å². The van der Waals surface area contributed by atoms with Gasteiger partial charge in [-0.25, -0.2) is 9.97 Å². The quantitative estimate of drug-likeness (QED) is 0.652. The Morgan fingerprint density at radius 3 is 2.95 bits per heavy atom. The van der Waals surface area contributed by atoms with E-state index in [0.717, 1.165) is 16.6 Å². The Morgan fingerprint density at radius 1 is 1.50 bits per heavy atom. The SMILES string of the molecule is CC(C)[C@H]1Cc2c(sc3nc(SCC(N)=O)nc(N)c23)CO1. The van der Waals surface area contributed by atoms with Crippen molar-refractivity contribution in [2.45, 2.75) is 38.1 Å². The number of fused-ring (bicyclic) bond motifs is 3.